The van der Waals surface area contributed by atoms with E-state index in [9.17, 15) is 8.42 Å². The van der Waals surface area contributed by atoms with Crippen molar-refractivity contribution in [3.8, 4) is 11.5 Å². The zero-order valence-corrected chi connectivity index (χ0v) is 14.6. The summed E-state index contributed by atoms with van der Waals surface area (Å²) in [4.78, 5) is 4.43. The van der Waals surface area contributed by atoms with Crippen molar-refractivity contribution < 1.29 is 12.8 Å². The van der Waals surface area contributed by atoms with Gasteiger partial charge in [0.05, 0.1) is 16.7 Å². The molecule has 1 aromatic heterocycles. The van der Waals surface area contributed by atoms with Gasteiger partial charge >= 0.3 is 0 Å². The number of rotatable bonds is 5. The highest BCUT2D eigenvalue weighted by Gasteiger charge is 2.29. The minimum atomic E-state index is -3.21. The molecular formula is C18H22N2O3S. The Bertz CT molecular complexity index is 816. The number of benzene rings is 1. The van der Waals surface area contributed by atoms with Crippen LogP contribution in [0.25, 0.3) is 17.5 Å². The van der Waals surface area contributed by atoms with Crippen LogP contribution in [0, 0.1) is 6.92 Å². The Morgan fingerprint density at radius 3 is 2.58 bits per heavy atom. The molecular weight excluding hydrogens is 324 g/mol. The van der Waals surface area contributed by atoms with Crippen LogP contribution >= 0.6 is 0 Å². The summed E-state index contributed by atoms with van der Waals surface area (Å²) in [6.45, 7) is 7.00. The first-order valence-corrected chi connectivity index (χ1v) is 9.82. The van der Waals surface area contributed by atoms with Crippen molar-refractivity contribution in [2.45, 2.75) is 30.8 Å². The Kier molecular flexibility index (Phi) is 4.87. The molecule has 0 bridgehead atoms. The van der Waals surface area contributed by atoms with Gasteiger partial charge in [0.2, 0.25) is 5.89 Å². The highest BCUT2D eigenvalue weighted by atomic mass is 32.2. The van der Waals surface area contributed by atoms with Crippen molar-refractivity contribution in [3.63, 3.8) is 0 Å². The van der Waals surface area contributed by atoms with Gasteiger partial charge in [-0.25, -0.2) is 13.4 Å². The van der Waals surface area contributed by atoms with Gasteiger partial charge in [0, 0.05) is 5.56 Å². The van der Waals surface area contributed by atoms with Crippen molar-refractivity contribution in [2.75, 3.05) is 13.1 Å². The number of hydrogen-bond acceptors (Lipinski definition) is 5. The normalized spacial score (nSPS) is 16.2. The van der Waals surface area contributed by atoms with Crippen LogP contribution in [0.4, 0.5) is 0 Å². The lowest BCUT2D eigenvalue weighted by molar-refractivity contribution is 0.495. The number of aryl methyl sites for hydroxylation is 1. The lowest BCUT2D eigenvalue weighted by Crippen LogP contribution is -2.36. The summed E-state index contributed by atoms with van der Waals surface area (Å²) in [6.07, 6.45) is 3.09. The second-order valence-corrected chi connectivity index (χ2v) is 8.39. The SMILES string of the molecule is C=Cc1ccc(-c2nc(CS(=O)(=O)C3CCNCC3)c(C)o2)cc1. The summed E-state index contributed by atoms with van der Waals surface area (Å²) in [5.41, 5.74) is 2.35. The van der Waals surface area contributed by atoms with Crippen LogP contribution in [-0.2, 0) is 15.6 Å². The van der Waals surface area contributed by atoms with Gasteiger partial charge in [-0.05, 0) is 50.6 Å². The van der Waals surface area contributed by atoms with Gasteiger partial charge < -0.3 is 9.73 Å². The van der Waals surface area contributed by atoms with Gasteiger partial charge in [-0.15, -0.1) is 0 Å². The highest BCUT2D eigenvalue weighted by molar-refractivity contribution is 7.91. The Hall–Kier alpha value is -1.92. The van der Waals surface area contributed by atoms with E-state index in [1.807, 2.05) is 24.3 Å². The number of nitrogens with zero attached hydrogens (tertiary/aromatic N) is 1. The number of sulfone groups is 1. The lowest BCUT2D eigenvalue weighted by Gasteiger charge is -2.22. The molecule has 1 aromatic carbocycles. The van der Waals surface area contributed by atoms with Crippen molar-refractivity contribution in [1.29, 1.82) is 0 Å². The Labute approximate surface area is 142 Å². The smallest absolute Gasteiger partial charge is 0.226 e. The van der Waals surface area contributed by atoms with E-state index in [1.54, 1.807) is 13.0 Å². The first-order valence-electron chi connectivity index (χ1n) is 8.11. The molecule has 24 heavy (non-hydrogen) atoms. The fourth-order valence-electron chi connectivity index (χ4n) is 2.91. The van der Waals surface area contributed by atoms with Gasteiger partial charge in [0.25, 0.3) is 0 Å². The largest absolute Gasteiger partial charge is 0.441 e. The number of aromatic nitrogens is 1. The maximum Gasteiger partial charge on any atom is 0.226 e. The minimum absolute atomic E-state index is 0.0578. The van der Waals surface area contributed by atoms with E-state index < -0.39 is 9.84 Å². The predicted octanol–water partition coefficient (Wildman–Crippen LogP) is 2.96. The number of hydrogen-bond donors (Lipinski definition) is 1. The van der Waals surface area contributed by atoms with Gasteiger partial charge in [0.1, 0.15) is 5.76 Å². The third-order valence-corrected chi connectivity index (χ3v) is 6.58. The average molecular weight is 346 g/mol. The predicted molar refractivity (Wildman–Crippen MR) is 95.3 cm³/mol. The van der Waals surface area contributed by atoms with Gasteiger partial charge in [0.15, 0.2) is 9.84 Å². The van der Waals surface area contributed by atoms with E-state index in [0.29, 0.717) is 30.2 Å². The van der Waals surface area contributed by atoms with E-state index in [2.05, 4.69) is 16.9 Å². The molecule has 0 saturated carbocycles. The molecule has 3 rings (SSSR count). The van der Waals surface area contributed by atoms with Crippen LogP contribution in [0.2, 0.25) is 0 Å². The fraction of sp³-hybridized carbons (Fsp3) is 0.389. The molecule has 5 nitrogen and oxygen atoms in total. The molecule has 6 heteroatoms. The van der Waals surface area contributed by atoms with Gasteiger partial charge in [-0.3, -0.25) is 0 Å². The van der Waals surface area contributed by atoms with E-state index in [-0.39, 0.29) is 11.0 Å². The Balaban J connectivity index is 1.81. The first-order chi connectivity index (χ1) is 11.5. The van der Waals surface area contributed by atoms with Crippen LogP contribution in [0.3, 0.4) is 0 Å². The topological polar surface area (TPSA) is 72.2 Å². The van der Waals surface area contributed by atoms with Crippen LogP contribution in [0.15, 0.2) is 35.3 Å². The summed E-state index contributed by atoms with van der Waals surface area (Å²) < 4.78 is 30.9. The molecule has 0 amide bonds. The van der Waals surface area contributed by atoms with Crippen molar-refractivity contribution >= 4 is 15.9 Å². The van der Waals surface area contributed by atoms with E-state index in [1.165, 1.54) is 0 Å². The summed E-state index contributed by atoms with van der Waals surface area (Å²) in [7, 11) is -3.21. The van der Waals surface area contributed by atoms with Crippen LogP contribution in [0.5, 0.6) is 0 Å². The second kappa shape index (κ2) is 6.91. The summed E-state index contributed by atoms with van der Waals surface area (Å²) in [5.74, 6) is 0.964. The average Bonchev–Trinajstić information content (AvgIpc) is 2.96. The third-order valence-electron chi connectivity index (χ3n) is 4.42. The summed E-state index contributed by atoms with van der Waals surface area (Å²) >= 11 is 0. The third kappa shape index (κ3) is 3.60. The zero-order chi connectivity index (χ0) is 17.2. The van der Waals surface area contributed by atoms with Crippen molar-refractivity contribution in [2.24, 2.45) is 0 Å². The van der Waals surface area contributed by atoms with Gasteiger partial charge in [-0.1, -0.05) is 24.8 Å². The fourth-order valence-corrected chi connectivity index (χ4v) is 4.75. The standard InChI is InChI=1S/C18H22N2O3S/c1-3-14-4-6-15(7-5-14)18-20-17(13(2)23-18)12-24(21,22)16-8-10-19-11-9-16/h3-7,16,19H,1,8-12H2,2H3. The molecule has 0 spiro atoms. The van der Waals surface area contributed by atoms with Crippen molar-refractivity contribution in [3.05, 3.63) is 47.9 Å². The van der Waals surface area contributed by atoms with Gasteiger partial charge in [-0.2, -0.15) is 0 Å². The molecule has 128 valence electrons. The molecule has 0 radical (unpaired) electrons. The van der Waals surface area contributed by atoms with E-state index in [0.717, 1.165) is 24.2 Å². The zero-order valence-electron chi connectivity index (χ0n) is 13.8. The maximum atomic E-state index is 12.6. The molecule has 1 N–H and O–H groups in total. The first kappa shape index (κ1) is 16.9. The number of piperidine rings is 1. The molecule has 1 fully saturated rings. The van der Waals surface area contributed by atoms with E-state index >= 15 is 0 Å². The number of oxazole rings is 1. The maximum absolute atomic E-state index is 12.6. The van der Waals surface area contributed by atoms with Crippen LogP contribution in [0.1, 0.15) is 29.9 Å². The van der Waals surface area contributed by atoms with Crippen molar-refractivity contribution in [1.82, 2.24) is 10.3 Å². The molecule has 1 saturated heterocycles. The number of nitrogens with one attached hydrogen (secondary N) is 1. The molecule has 0 atom stereocenters. The highest BCUT2D eigenvalue weighted by Crippen LogP contribution is 2.25. The molecule has 2 heterocycles. The second-order valence-electron chi connectivity index (χ2n) is 6.10. The summed E-state index contributed by atoms with van der Waals surface area (Å²) in [5, 5.41) is 2.90. The van der Waals surface area contributed by atoms with Crippen LogP contribution in [-0.4, -0.2) is 31.7 Å². The molecule has 1 aliphatic rings. The molecule has 1 aliphatic heterocycles. The quantitative estimate of drug-likeness (QED) is 0.901. The minimum Gasteiger partial charge on any atom is -0.441 e. The summed E-state index contributed by atoms with van der Waals surface area (Å²) in [6, 6.07) is 7.64. The molecule has 0 unspecified atom stereocenters. The monoisotopic (exact) mass is 346 g/mol. The molecule has 2 aromatic rings. The lowest BCUT2D eigenvalue weighted by atomic mass is 10.1. The Morgan fingerprint density at radius 2 is 1.96 bits per heavy atom. The molecule has 0 aliphatic carbocycles. The van der Waals surface area contributed by atoms with E-state index in [4.69, 9.17) is 4.42 Å². The Morgan fingerprint density at radius 1 is 1.29 bits per heavy atom. The van der Waals surface area contributed by atoms with Crippen LogP contribution < -0.4 is 5.32 Å².